The third kappa shape index (κ3) is 4.22. The van der Waals surface area contributed by atoms with Gasteiger partial charge in [-0.2, -0.15) is 8.42 Å². The summed E-state index contributed by atoms with van der Waals surface area (Å²) in [4.78, 5) is 10.8. The van der Waals surface area contributed by atoms with Crippen LogP contribution in [0.2, 0.25) is 0 Å². The molecule has 1 aromatic carbocycles. The molecular weight excluding hydrogens is 258 g/mol. The smallest absolute Gasteiger partial charge is 0.422 e. The molecule has 18 heavy (non-hydrogen) atoms. The Morgan fingerprint density at radius 1 is 1.33 bits per heavy atom. The van der Waals surface area contributed by atoms with E-state index in [1.54, 1.807) is 29.0 Å². The van der Waals surface area contributed by atoms with Gasteiger partial charge in [-0.05, 0) is 24.6 Å². The molecule has 0 aliphatic rings. The van der Waals surface area contributed by atoms with Gasteiger partial charge < -0.3 is 10.5 Å². The molecule has 0 saturated carbocycles. The van der Waals surface area contributed by atoms with Crippen LogP contribution >= 0.6 is 0 Å². The van der Waals surface area contributed by atoms with Gasteiger partial charge in [-0.15, -0.1) is 0 Å². The molecule has 0 radical (unpaired) electrons. The Morgan fingerprint density at radius 2 is 1.89 bits per heavy atom. The Balaban J connectivity index is 2.75. The van der Waals surface area contributed by atoms with Gasteiger partial charge in [0.15, 0.2) is 0 Å². The highest BCUT2D eigenvalue weighted by Crippen LogP contribution is 2.14. The Labute approximate surface area is 106 Å². The van der Waals surface area contributed by atoms with Crippen LogP contribution in [0.25, 0.3) is 0 Å². The van der Waals surface area contributed by atoms with E-state index in [9.17, 15) is 13.2 Å². The lowest BCUT2D eigenvalue weighted by atomic mass is 10.1. The lowest BCUT2D eigenvalue weighted by molar-refractivity contribution is 0.177. The Hall–Kier alpha value is -1.80. The fourth-order valence-electron chi connectivity index (χ4n) is 1.19. The minimum atomic E-state index is -3.98. The average Bonchev–Trinajstić information content (AvgIpc) is 2.28. The molecule has 0 aliphatic carbocycles. The summed E-state index contributed by atoms with van der Waals surface area (Å²) in [7, 11) is -2.91. The summed E-state index contributed by atoms with van der Waals surface area (Å²) in [6.45, 7) is 1.82. The predicted octanol–water partition coefficient (Wildman–Crippen LogP) is 0.719. The molecule has 0 aromatic heterocycles. The molecular formula is C10H15N3O4S. The number of amides is 1. The molecule has 0 spiro atoms. The van der Waals surface area contributed by atoms with Crippen LogP contribution in [0, 0.1) is 0 Å². The number of benzene rings is 1. The van der Waals surface area contributed by atoms with Gasteiger partial charge in [0.1, 0.15) is 0 Å². The van der Waals surface area contributed by atoms with Crippen LogP contribution in [0.1, 0.15) is 18.5 Å². The third-order valence-corrected chi connectivity index (χ3v) is 3.03. The number of carbonyl (C=O) groups excluding carboxylic acids is 1. The SMILES string of the molecule is COC(=O)NS(=O)(=O)Nc1ccc(C(C)N)cc1. The third-order valence-electron chi connectivity index (χ3n) is 2.09. The van der Waals surface area contributed by atoms with Gasteiger partial charge in [0.25, 0.3) is 0 Å². The van der Waals surface area contributed by atoms with Crippen LogP contribution in [0.3, 0.4) is 0 Å². The minimum absolute atomic E-state index is 0.135. The fraction of sp³-hybridized carbons (Fsp3) is 0.300. The molecule has 0 fully saturated rings. The van der Waals surface area contributed by atoms with Crippen molar-refractivity contribution in [2.45, 2.75) is 13.0 Å². The fourth-order valence-corrected chi connectivity index (χ4v) is 1.99. The molecule has 1 unspecified atom stereocenters. The number of rotatable bonds is 4. The number of nitrogens with two attached hydrogens (primary N) is 1. The van der Waals surface area contributed by atoms with E-state index in [1.807, 2.05) is 6.92 Å². The van der Waals surface area contributed by atoms with Crippen LogP contribution < -0.4 is 15.2 Å². The average molecular weight is 273 g/mol. The minimum Gasteiger partial charge on any atom is -0.452 e. The summed E-state index contributed by atoms with van der Waals surface area (Å²) < 4.78 is 30.9. The number of anilines is 1. The summed E-state index contributed by atoms with van der Waals surface area (Å²) in [5, 5.41) is 0. The van der Waals surface area contributed by atoms with Crippen molar-refractivity contribution >= 4 is 22.0 Å². The highest BCUT2D eigenvalue weighted by Gasteiger charge is 2.14. The van der Waals surface area contributed by atoms with Crippen molar-refractivity contribution in [1.82, 2.24) is 4.72 Å². The quantitative estimate of drug-likeness (QED) is 0.748. The van der Waals surface area contributed by atoms with E-state index in [2.05, 4.69) is 9.46 Å². The Bertz CT molecular complexity index is 510. The van der Waals surface area contributed by atoms with Crippen LogP contribution in [0.5, 0.6) is 0 Å². The van der Waals surface area contributed by atoms with Crippen LogP contribution in [0.15, 0.2) is 24.3 Å². The van der Waals surface area contributed by atoms with E-state index in [1.165, 1.54) is 0 Å². The van der Waals surface area contributed by atoms with E-state index < -0.39 is 16.3 Å². The van der Waals surface area contributed by atoms with Gasteiger partial charge in [0.05, 0.1) is 12.8 Å². The normalized spacial score (nSPS) is 12.6. The Morgan fingerprint density at radius 3 is 2.33 bits per heavy atom. The highest BCUT2D eigenvalue weighted by molar-refractivity contribution is 7.91. The molecule has 0 saturated heterocycles. The standard InChI is InChI=1S/C10H15N3O4S/c1-7(11)8-3-5-9(6-4-8)12-18(15,16)13-10(14)17-2/h3-7,12H,11H2,1-2H3,(H,13,14). The first kappa shape index (κ1) is 14.3. The summed E-state index contributed by atoms with van der Waals surface area (Å²) in [6.07, 6.45) is -1.06. The molecule has 100 valence electrons. The maximum Gasteiger partial charge on any atom is 0.422 e. The number of hydrogen-bond donors (Lipinski definition) is 3. The van der Waals surface area contributed by atoms with Crippen LogP contribution in [0.4, 0.5) is 10.5 Å². The second-order valence-corrected chi connectivity index (χ2v) is 5.02. The largest absolute Gasteiger partial charge is 0.452 e. The van der Waals surface area contributed by atoms with Crippen molar-refractivity contribution in [3.8, 4) is 0 Å². The first-order chi connectivity index (χ1) is 8.34. The molecule has 8 heteroatoms. The van der Waals surface area contributed by atoms with Gasteiger partial charge in [0.2, 0.25) is 0 Å². The van der Waals surface area contributed by atoms with E-state index in [-0.39, 0.29) is 6.04 Å². The zero-order valence-corrected chi connectivity index (χ0v) is 10.8. The van der Waals surface area contributed by atoms with Crippen molar-refractivity contribution in [2.24, 2.45) is 5.73 Å². The topological polar surface area (TPSA) is 111 Å². The second-order valence-electron chi connectivity index (χ2n) is 3.61. The molecule has 4 N–H and O–H groups in total. The number of carbonyl (C=O) groups is 1. The van der Waals surface area contributed by atoms with Gasteiger partial charge in [0, 0.05) is 6.04 Å². The summed E-state index contributed by atoms with van der Waals surface area (Å²) in [6, 6.07) is 6.36. The van der Waals surface area contributed by atoms with Gasteiger partial charge in [-0.1, -0.05) is 12.1 Å². The monoisotopic (exact) mass is 273 g/mol. The van der Waals surface area contributed by atoms with Gasteiger partial charge >= 0.3 is 16.3 Å². The van der Waals surface area contributed by atoms with E-state index in [4.69, 9.17) is 5.73 Å². The zero-order valence-electron chi connectivity index (χ0n) is 10.0. The van der Waals surface area contributed by atoms with Crippen LogP contribution in [-0.2, 0) is 14.9 Å². The first-order valence-electron chi connectivity index (χ1n) is 5.08. The van der Waals surface area contributed by atoms with E-state index in [0.29, 0.717) is 5.69 Å². The molecule has 1 aromatic rings. The number of nitrogens with one attached hydrogen (secondary N) is 2. The Kier molecular flexibility index (Phi) is 4.51. The van der Waals surface area contributed by atoms with Crippen LogP contribution in [-0.4, -0.2) is 21.6 Å². The maximum atomic E-state index is 11.4. The molecule has 1 atom stereocenters. The summed E-state index contributed by atoms with van der Waals surface area (Å²) in [5.41, 5.74) is 6.85. The highest BCUT2D eigenvalue weighted by atomic mass is 32.2. The summed E-state index contributed by atoms with van der Waals surface area (Å²) >= 11 is 0. The van der Waals surface area contributed by atoms with Crippen molar-refractivity contribution in [2.75, 3.05) is 11.8 Å². The maximum absolute atomic E-state index is 11.4. The molecule has 7 nitrogen and oxygen atoms in total. The predicted molar refractivity (Wildman–Crippen MR) is 67.1 cm³/mol. The van der Waals surface area contributed by atoms with Crippen molar-refractivity contribution in [3.05, 3.63) is 29.8 Å². The molecule has 0 bridgehead atoms. The number of hydrogen-bond acceptors (Lipinski definition) is 5. The number of ether oxygens (including phenoxy) is 1. The second kappa shape index (κ2) is 5.69. The van der Waals surface area contributed by atoms with E-state index in [0.717, 1.165) is 12.7 Å². The van der Waals surface area contributed by atoms with Crippen molar-refractivity contribution < 1.29 is 17.9 Å². The molecule has 1 rings (SSSR count). The van der Waals surface area contributed by atoms with Gasteiger partial charge in [-0.3, -0.25) is 4.72 Å². The lowest BCUT2D eigenvalue weighted by Gasteiger charge is -2.10. The first-order valence-corrected chi connectivity index (χ1v) is 6.56. The number of methoxy groups -OCH3 is 1. The van der Waals surface area contributed by atoms with E-state index >= 15 is 0 Å². The van der Waals surface area contributed by atoms with Gasteiger partial charge in [-0.25, -0.2) is 9.52 Å². The summed E-state index contributed by atoms with van der Waals surface area (Å²) in [5.74, 6) is 0. The van der Waals surface area contributed by atoms with Crippen molar-refractivity contribution in [1.29, 1.82) is 0 Å². The van der Waals surface area contributed by atoms with Crippen molar-refractivity contribution in [3.63, 3.8) is 0 Å². The zero-order chi connectivity index (χ0) is 13.8. The molecule has 0 heterocycles. The molecule has 1 amide bonds. The molecule has 0 aliphatic heterocycles. The lowest BCUT2D eigenvalue weighted by Crippen LogP contribution is -2.35.